The van der Waals surface area contributed by atoms with Crippen LogP contribution in [0, 0.1) is 0 Å². The van der Waals surface area contributed by atoms with Gasteiger partial charge >= 0.3 is 5.97 Å². The highest BCUT2D eigenvalue weighted by atomic mass is 28.3. The van der Waals surface area contributed by atoms with Crippen molar-refractivity contribution in [2.45, 2.75) is 45.4 Å². The van der Waals surface area contributed by atoms with Crippen LogP contribution in [0.4, 0.5) is 0 Å². The van der Waals surface area contributed by atoms with Gasteiger partial charge in [0.2, 0.25) is 0 Å². The Morgan fingerprint density at radius 1 is 1.39 bits per heavy atom. The van der Waals surface area contributed by atoms with Crippen LogP contribution in [0.5, 0.6) is 5.75 Å². The molecule has 0 aliphatic rings. The van der Waals surface area contributed by atoms with Crippen LogP contribution < -0.4 is 4.74 Å². The summed E-state index contributed by atoms with van der Waals surface area (Å²) in [5.74, 6) is -0.0113. The number of carbonyl (C=O) groups is 1. The minimum absolute atomic E-state index is 0.268. The first-order chi connectivity index (χ1) is 13.2. The second-order valence-electron chi connectivity index (χ2n) is 7.70. The highest BCUT2D eigenvalue weighted by molar-refractivity contribution is 6.76. The predicted octanol–water partition coefficient (Wildman–Crippen LogP) is 4.52. The first-order valence-corrected chi connectivity index (χ1v) is 12.7. The van der Waals surface area contributed by atoms with Gasteiger partial charge in [-0.05, 0) is 17.6 Å². The lowest BCUT2D eigenvalue weighted by Gasteiger charge is -2.15. The number of azide groups is 1. The number of esters is 1. The van der Waals surface area contributed by atoms with E-state index in [1.807, 2.05) is 0 Å². The molecule has 0 aliphatic heterocycles. The maximum Gasteiger partial charge on any atom is 0.340 e. The number of benzene rings is 1. The number of hydrogen-bond acceptors (Lipinski definition) is 6. The molecular formula is C18H27N5O4Si. The van der Waals surface area contributed by atoms with Gasteiger partial charge in [-0.25, -0.2) is 9.48 Å². The summed E-state index contributed by atoms with van der Waals surface area (Å²) in [6, 6.07) is 2.14. The smallest absolute Gasteiger partial charge is 0.340 e. The molecule has 0 saturated carbocycles. The van der Waals surface area contributed by atoms with Crippen LogP contribution in [0.15, 0.2) is 17.4 Å². The summed E-state index contributed by atoms with van der Waals surface area (Å²) in [7, 11) is 1.67. The number of fused-ring (bicyclic) bond motifs is 1. The van der Waals surface area contributed by atoms with Gasteiger partial charge in [0.1, 0.15) is 18.0 Å². The van der Waals surface area contributed by atoms with E-state index in [0.29, 0.717) is 28.8 Å². The maximum atomic E-state index is 12.3. The third kappa shape index (κ3) is 5.03. The van der Waals surface area contributed by atoms with Crippen molar-refractivity contribution in [3.05, 3.63) is 33.8 Å². The molecule has 0 spiro atoms. The predicted molar refractivity (Wildman–Crippen MR) is 109 cm³/mol. The van der Waals surface area contributed by atoms with Crippen molar-refractivity contribution in [3.8, 4) is 5.75 Å². The molecule has 0 aliphatic carbocycles. The van der Waals surface area contributed by atoms with Gasteiger partial charge in [0, 0.05) is 31.4 Å². The summed E-state index contributed by atoms with van der Waals surface area (Å²) in [6.45, 7) is 9.53. The molecule has 9 nitrogen and oxygen atoms in total. The average molecular weight is 406 g/mol. The van der Waals surface area contributed by atoms with Crippen LogP contribution >= 0.6 is 0 Å². The van der Waals surface area contributed by atoms with Gasteiger partial charge < -0.3 is 14.2 Å². The monoisotopic (exact) mass is 405 g/mol. The van der Waals surface area contributed by atoms with E-state index in [0.717, 1.165) is 6.04 Å². The molecule has 1 unspecified atom stereocenters. The van der Waals surface area contributed by atoms with Gasteiger partial charge in [0.15, 0.2) is 0 Å². The topological polar surface area (TPSA) is 111 Å². The molecule has 10 heteroatoms. The zero-order valence-corrected chi connectivity index (χ0v) is 18.2. The molecule has 1 atom stereocenters. The van der Waals surface area contributed by atoms with Gasteiger partial charge in [-0.3, -0.25) is 0 Å². The minimum atomic E-state index is -1.17. The summed E-state index contributed by atoms with van der Waals surface area (Å²) in [6.07, 6.45) is 1.77. The van der Waals surface area contributed by atoms with Crippen LogP contribution in [0.3, 0.4) is 0 Å². The fourth-order valence-electron chi connectivity index (χ4n) is 2.78. The summed E-state index contributed by atoms with van der Waals surface area (Å²) < 4.78 is 17.8. The molecule has 0 bridgehead atoms. The number of ether oxygens (including phenoxy) is 3. The van der Waals surface area contributed by atoms with Crippen LogP contribution in [0.2, 0.25) is 25.7 Å². The lowest BCUT2D eigenvalue weighted by molar-refractivity contribution is 0.0601. The Morgan fingerprint density at radius 3 is 2.68 bits per heavy atom. The van der Waals surface area contributed by atoms with Gasteiger partial charge in [-0.15, -0.1) is 0 Å². The number of nitrogens with zero attached hydrogens (tertiary/aromatic N) is 5. The van der Waals surface area contributed by atoms with Crippen LogP contribution in [0.25, 0.3) is 21.3 Å². The van der Waals surface area contributed by atoms with E-state index in [4.69, 9.17) is 19.7 Å². The fourth-order valence-corrected chi connectivity index (χ4v) is 3.53. The van der Waals surface area contributed by atoms with Crippen LogP contribution in [-0.2, 0) is 16.2 Å². The largest absolute Gasteiger partial charge is 0.496 e. The summed E-state index contributed by atoms with van der Waals surface area (Å²) in [5.41, 5.74) is 10.1. The van der Waals surface area contributed by atoms with Crippen molar-refractivity contribution in [2.75, 3.05) is 20.8 Å². The highest BCUT2D eigenvalue weighted by Crippen LogP contribution is 2.37. The Labute approximate surface area is 165 Å². The quantitative estimate of drug-likeness (QED) is 0.152. The van der Waals surface area contributed by atoms with E-state index < -0.39 is 20.1 Å². The molecule has 28 heavy (non-hydrogen) atoms. The number of hydrogen-bond donors (Lipinski definition) is 0. The molecule has 2 aromatic rings. The third-order valence-electron chi connectivity index (χ3n) is 4.33. The van der Waals surface area contributed by atoms with Crippen molar-refractivity contribution >= 4 is 24.9 Å². The zero-order valence-electron chi connectivity index (χ0n) is 17.2. The fraction of sp³-hybridized carbons (Fsp3) is 0.556. The Bertz CT molecular complexity index is 899. The van der Waals surface area contributed by atoms with Crippen LogP contribution in [-0.4, -0.2) is 44.7 Å². The summed E-state index contributed by atoms with van der Waals surface area (Å²) >= 11 is 0. The Kier molecular flexibility index (Phi) is 7.06. The molecule has 1 aromatic carbocycles. The summed E-state index contributed by atoms with van der Waals surface area (Å²) in [4.78, 5) is 15.2. The molecule has 1 aromatic heterocycles. The molecule has 2 rings (SSSR count). The van der Waals surface area contributed by atoms with Gasteiger partial charge in [-0.2, -0.15) is 5.10 Å². The van der Waals surface area contributed by atoms with Gasteiger partial charge in [0.25, 0.3) is 0 Å². The average Bonchev–Trinajstić information content (AvgIpc) is 3.06. The number of carbonyl (C=O) groups excluding carboxylic acids is 1. The third-order valence-corrected chi connectivity index (χ3v) is 6.03. The zero-order chi connectivity index (χ0) is 20.9. The number of methoxy groups -OCH3 is 2. The lowest BCUT2D eigenvalue weighted by atomic mass is 10.0. The molecule has 0 amide bonds. The van der Waals surface area contributed by atoms with E-state index in [2.05, 4.69) is 34.8 Å². The van der Waals surface area contributed by atoms with Crippen molar-refractivity contribution in [1.29, 1.82) is 0 Å². The highest BCUT2D eigenvalue weighted by Gasteiger charge is 2.23. The minimum Gasteiger partial charge on any atom is -0.496 e. The second-order valence-corrected chi connectivity index (χ2v) is 13.3. The molecule has 0 fully saturated rings. The Hall–Kier alpha value is -2.55. The molecule has 0 N–H and O–H groups in total. The second kappa shape index (κ2) is 9.09. The van der Waals surface area contributed by atoms with E-state index >= 15 is 0 Å². The molecule has 152 valence electrons. The first kappa shape index (κ1) is 21.7. The van der Waals surface area contributed by atoms with E-state index in [1.165, 1.54) is 14.2 Å². The molecule has 0 saturated heterocycles. The van der Waals surface area contributed by atoms with Crippen molar-refractivity contribution < 1.29 is 19.0 Å². The standard InChI is InChI=1S/C18H27N5O4Si/c1-12(20-22-19)13-9-14(18(24)26-3)16-15(17(13)25-2)10-23(21-16)11-27-7-8-28(4,5)6/h9-10,12H,7-8,11H2,1-6H3. The lowest BCUT2D eigenvalue weighted by Crippen LogP contribution is -2.22. The summed E-state index contributed by atoms with van der Waals surface area (Å²) in [5, 5.41) is 8.85. The molecule has 1 heterocycles. The number of rotatable bonds is 9. The Balaban J connectivity index is 2.46. The van der Waals surface area contributed by atoms with Crippen LogP contribution in [0.1, 0.15) is 28.9 Å². The van der Waals surface area contributed by atoms with Crippen molar-refractivity contribution in [2.24, 2.45) is 5.11 Å². The van der Waals surface area contributed by atoms with E-state index in [-0.39, 0.29) is 12.3 Å². The van der Waals surface area contributed by atoms with E-state index in [9.17, 15) is 4.79 Å². The van der Waals surface area contributed by atoms with Crippen molar-refractivity contribution in [3.63, 3.8) is 0 Å². The normalized spacial score (nSPS) is 12.5. The van der Waals surface area contributed by atoms with Crippen molar-refractivity contribution in [1.82, 2.24) is 9.78 Å². The SMILES string of the molecule is COC(=O)c1cc(C(C)N=[N+]=[N-])c(OC)c2cn(COCC[Si](C)(C)C)nc12. The molecular weight excluding hydrogens is 378 g/mol. The maximum absolute atomic E-state index is 12.3. The number of aromatic nitrogens is 2. The Morgan fingerprint density at radius 2 is 2.11 bits per heavy atom. The van der Waals surface area contributed by atoms with Gasteiger partial charge in [-0.1, -0.05) is 31.7 Å². The molecule has 0 radical (unpaired) electrons. The van der Waals surface area contributed by atoms with E-state index in [1.54, 1.807) is 23.9 Å². The first-order valence-electron chi connectivity index (χ1n) is 9.00. The van der Waals surface area contributed by atoms with Gasteiger partial charge in [0.05, 0.1) is 31.2 Å².